The molecule has 0 bridgehead atoms. The number of ether oxygens (including phenoxy) is 1. The van der Waals surface area contributed by atoms with Crippen molar-refractivity contribution in [2.24, 2.45) is 0 Å². The van der Waals surface area contributed by atoms with Crippen molar-refractivity contribution in [3.8, 4) is 33.0 Å². The van der Waals surface area contributed by atoms with Gasteiger partial charge in [0.2, 0.25) is 11.8 Å². The van der Waals surface area contributed by atoms with Gasteiger partial charge in [0.05, 0.1) is 49.7 Å². The predicted octanol–water partition coefficient (Wildman–Crippen LogP) is 5.36. The van der Waals surface area contributed by atoms with Crippen LogP contribution in [-0.4, -0.2) is 82.6 Å². The minimum atomic E-state index is -0.166. The smallest absolute Gasteiger partial charge is 0.245 e. The van der Waals surface area contributed by atoms with E-state index in [4.69, 9.17) is 4.74 Å². The minimum Gasteiger partial charge on any atom is -0.378 e. The molecule has 1 aliphatic rings. The third kappa shape index (κ3) is 10.2. The van der Waals surface area contributed by atoms with E-state index in [1.165, 1.54) is 0 Å². The summed E-state index contributed by atoms with van der Waals surface area (Å²) in [5, 5.41) is 5.62. The number of carbonyl (C=O) groups excluding carboxylic acids is 2. The Morgan fingerprint density at radius 2 is 1.33 bits per heavy atom. The van der Waals surface area contributed by atoms with E-state index in [-0.39, 0.29) is 18.4 Å². The zero-order chi connectivity index (χ0) is 37.8. The molecule has 2 amide bonds. The number of imidazole rings is 1. The largest absolute Gasteiger partial charge is 0.378 e. The number of nitrogens with zero attached hydrogens (tertiary/aromatic N) is 10. The summed E-state index contributed by atoms with van der Waals surface area (Å²) in [7, 11) is 0. The summed E-state index contributed by atoms with van der Waals surface area (Å²) in [5.74, 6) is 1.59. The van der Waals surface area contributed by atoms with Gasteiger partial charge in [-0.15, -0.1) is 11.3 Å². The monoisotopic (exact) mass is 752 g/mol. The van der Waals surface area contributed by atoms with Crippen LogP contribution in [0, 0.1) is 6.92 Å². The van der Waals surface area contributed by atoms with E-state index in [1.54, 1.807) is 83.9 Å². The van der Waals surface area contributed by atoms with Gasteiger partial charge in [0.1, 0.15) is 24.0 Å². The van der Waals surface area contributed by atoms with Crippen molar-refractivity contribution in [3.63, 3.8) is 0 Å². The van der Waals surface area contributed by atoms with Crippen LogP contribution in [0.3, 0.4) is 0 Å². The van der Waals surface area contributed by atoms with E-state index in [0.29, 0.717) is 31.3 Å². The summed E-state index contributed by atoms with van der Waals surface area (Å²) in [5.41, 5.74) is 5.20. The summed E-state index contributed by atoms with van der Waals surface area (Å²) in [4.78, 5) is 62.6. The molecule has 0 saturated carbocycles. The lowest BCUT2D eigenvalue weighted by molar-refractivity contribution is -0.117. The van der Waals surface area contributed by atoms with Crippen molar-refractivity contribution in [2.75, 3.05) is 41.8 Å². The van der Waals surface area contributed by atoms with E-state index in [1.807, 2.05) is 55.7 Å². The molecule has 55 heavy (non-hydrogen) atoms. The molecule has 0 atom stereocenters. The number of hydrogen-bond donors (Lipinski definition) is 2. The first-order chi connectivity index (χ1) is 26.9. The van der Waals surface area contributed by atoms with Gasteiger partial charge in [-0.3, -0.25) is 34.5 Å². The highest BCUT2D eigenvalue weighted by molar-refractivity contribution is 7.15. The molecule has 1 saturated heterocycles. The van der Waals surface area contributed by atoms with Crippen LogP contribution in [0.2, 0.25) is 0 Å². The summed E-state index contributed by atoms with van der Waals surface area (Å²) in [6.45, 7) is 5.15. The van der Waals surface area contributed by atoms with Crippen molar-refractivity contribution in [1.29, 1.82) is 0 Å². The zero-order valence-electron chi connectivity index (χ0n) is 29.8. The fourth-order valence-electron chi connectivity index (χ4n) is 5.46. The third-order valence-corrected chi connectivity index (χ3v) is 9.39. The Bertz CT molecular complexity index is 2300. The first kappa shape index (κ1) is 36.6. The van der Waals surface area contributed by atoms with Crippen molar-refractivity contribution in [3.05, 3.63) is 127 Å². The molecule has 0 unspecified atom stereocenters. The number of aromatic nitrogens is 9. The molecule has 0 radical (unpaired) electrons. The van der Waals surface area contributed by atoms with E-state index in [9.17, 15) is 9.59 Å². The van der Waals surface area contributed by atoms with Crippen LogP contribution in [0.25, 0.3) is 33.0 Å². The normalized spacial score (nSPS) is 12.3. The maximum absolute atomic E-state index is 12.3. The maximum Gasteiger partial charge on any atom is 0.245 e. The number of pyridine rings is 3. The van der Waals surface area contributed by atoms with Crippen molar-refractivity contribution < 1.29 is 14.3 Å². The lowest BCUT2D eigenvalue weighted by Crippen LogP contribution is -2.36. The van der Waals surface area contributed by atoms with Gasteiger partial charge in [-0.2, -0.15) is 0 Å². The summed E-state index contributed by atoms with van der Waals surface area (Å²) in [6.07, 6.45) is 18.9. The second kappa shape index (κ2) is 17.8. The zero-order valence-corrected chi connectivity index (χ0v) is 30.6. The summed E-state index contributed by atoms with van der Waals surface area (Å²) >= 11 is 1.59. The first-order valence-electron chi connectivity index (χ1n) is 17.4. The van der Waals surface area contributed by atoms with Crippen molar-refractivity contribution in [2.45, 2.75) is 19.9 Å². The second-order valence-corrected chi connectivity index (χ2v) is 13.4. The number of rotatable bonds is 10. The molecular formula is C39H36N12O3S. The molecule has 15 nitrogen and oxygen atoms in total. The fourth-order valence-corrected chi connectivity index (χ4v) is 6.46. The number of amides is 2. The number of nitrogens with one attached hydrogen (secondary N) is 2. The molecule has 8 heterocycles. The Morgan fingerprint density at radius 3 is 1.91 bits per heavy atom. The molecule has 7 aromatic rings. The van der Waals surface area contributed by atoms with Gasteiger partial charge in [-0.05, 0) is 49.4 Å². The van der Waals surface area contributed by atoms with Gasteiger partial charge >= 0.3 is 0 Å². The first-order valence-corrected chi connectivity index (χ1v) is 18.2. The van der Waals surface area contributed by atoms with Crippen LogP contribution in [0.15, 0.2) is 117 Å². The number of aryl methyl sites for hydroxylation is 1. The molecule has 2 N–H and O–H groups in total. The molecule has 16 heteroatoms. The Morgan fingerprint density at radius 1 is 0.691 bits per heavy atom. The number of anilines is 3. The molecule has 1 aliphatic heterocycles. The van der Waals surface area contributed by atoms with E-state index >= 15 is 0 Å². The van der Waals surface area contributed by atoms with Crippen LogP contribution in [0.5, 0.6) is 0 Å². The third-order valence-electron chi connectivity index (χ3n) is 8.25. The molecular weight excluding hydrogens is 717 g/mol. The number of thiophene rings is 1. The number of morpholine rings is 1. The molecule has 0 spiro atoms. The van der Waals surface area contributed by atoms with Crippen LogP contribution >= 0.6 is 11.3 Å². The lowest BCUT2D eigenvalue weighted by Gasteiger charge is -2.26. The van der Waals surface area contributed by atoms with Gasteiger partial charge in [-0.1, -0.05) is 6.07 Å². The predicted molar refractivity (Wildman–Crippen MR) is 209 cm³/mol. The Labute approximate surface area is 320 Å². The average Bonchev–Trinajstić information content (AvgIpc) is 3.90. The second-order valence-electron chi connectivity index (χ2n) is 12.3. The summed E-state index contributed by atoms with van der Waals surface area (Å²) < 4.78 is 7.10. The molecule has 276 valence electrons. The molecule has 1 fully saturated rings. The van der Waals surface area contributed by atoms with Gasteiger partial charge in [-0.25, -0.2) is 15.0 Å². The standard InChI is InChI=1S/C21H17N5OS.C18H19N7O2/c1-14-2-3-16(12-24-14)19-6-5-17(28-19)10-21(27)26-20-7-4-15(11-25-20)18-13-22-8-9-23-18;26-18(12-24-11-17(22-13-24)25-5-7-27-8-6-25)23-16-2-1-14(9-21-16)15-10-19-3-4-20-15/h2-9,11-13H,10H2,1H3,(H,25,26,27);1-4,9-11,13H,5-8,12H2,(H,21,23,26). The molecule has 0 aromatic carbocycles. The number of carbonyl (C=O) groups is 2. The highest BCUT2D eigenvalue weighted by atomic mass is 32.1. The summed E-state index contributed by atoms with van der Waals surface area (Å²) in [6, 6.07) is 15.2. The van der Waals surface area contributed by atoms with Crippen LogP contribution < -0.4 is 15.5 Å². The van der Waals surface area contributed by atoms with Crippen molar-refractivity contribution >= 4 is 40.6 Å². The average molecular weight is 753 g/mol. The molecule has 7 aromatic heterocycles. The fraction of sp³-hybridized carbons (Fsp3) is 0.179. The Balaban J connectivity index is 0.000000169. The van der Waals surface area contributed by atoms with E-state index < -0.39 is 0 Å². The van der Waals surface area contributed by atoms with Crippen molar-refractivity contribution in [1.82, 2.24) is 44.4 Å². The van der Waals surface area contributed by atoms with Crippen LogP contribution in [0.1, 0.15) is 10.6 Å². The van der Waals surface area contributed by atoms with Crippen LogP contribution in [0.4, 0.5) is 17.5 Å². The highest BCUT2D eigenvalue weighted by Gasteiger charge is 2.15. The van der Waals surface area contributed by atoms with E-state index in [2.05, 4.69) is 55.4 Å². The topological polar surface area (TPSA) is 179 Å². The Hall–Kier alpha value is -6.78. The number of hydrogen-bond acceptors (Lipinski definition) is 13. The minimum absolute atomic E-state index is 0.102. The molecule has 8 rings (SSSR count). The van der Waals surface area contributed by atoms with Gasteiger partial charge in [0, 0.05) is 94.8 Å². The van der Waals surface area contributed by atoms with Gasteiger partial charge < -0.3 is 24.8 Å². The quantitative estimate of drug-likeness (QED) is 0.183. The maximum atomic E-state index is 12.3. The van der Waals surface area contributed by atoms with E-state index in [0.717, 1.165) is 62.4 Å². The SMILES string of the molecule is Cc1ccc(-c2ccc(CC(=O)Nc3ccc(-c4cnccn4)cn3)s2)cn1.O=C(Cn1cnc(N2CCOCC2)c1)Nc1ccc(-c2cnccn2)cn1. The van der Waals surface area contributed by atoms with Gasteiger partial charge in [0.15, 0.2) is 0 Å². The highest BCUT2D eigenvalue weighted by Crippen LogP contribution is 2.28. The lowest BCUT2D eigenvalue weighted by atomic mass is 10.2. The van der Waals surface area contributed by atoms with Gasteiger partial charge in [0.25, 0.3) is 0 Å². The molecule has 0 aliphatic carbocycles. The van der Waals surface area contributed by atoms with Crippen LogP contribution in [-0.2, 0) is 27.3 Å². The Kier molecular flexibility index (Phi) is 11.9.